The molecule has 4 aromatic carbocycles. The number of hydrogen-bond donors (Lipinski definition) is 10. The Bertz CT molecular complexity index is 2880. The van der Waals surface area contributed by atoms with Gasteiger partial charge in [-0.15, -0.1) is 0 Å². The number of anilines is 10. The number of rotatable bonds is 23. The summed E-state index contributed by atoms with van der Waals surface area (Å²) in [5, 5.41) is 40.9. The van der Waals surface area contributed by atoms with Gasteiger partial charge in [0, 0.05) is 55.3 Å². The first-order valence-electron chi connectivity index (χ1n) is 19.8. The fraction of sp³-hybridized carbons (Fsp3) is 0.195. The average Bonchev–Trinajstić information content (AvgIpc) is 3.27. The van der Waals surface area contributed by atoms with Crippen molar-refractivity contribution in [3.8, 4) is 0 Å². The third kappa shape index (κ3) is 13.6. The van der Waals surface area contributed by atoms with Crippen LogP contribution in [0.5, 0.6) is 0 Å². The zero-order valence-corrected chi connectivity index (χ0v) is 36.4. The third-order valence-electron chi connectivity index (χ3n) is 9.15. The Morgan fingerprint density at radius 2 is 0.864 bits per heavy atom. The molecule has 23 nitrogen and oxygen atoms in total. The van der Waals surface area contributed by atoms with Gasteiger partial charge in [0.15, 0.2) is 0 Å². The number of nitrogens with two attached hydrogens (primary N) is 1. The second-order valence-corrected chi connectivity index (χ2v) is 16.7. The number of carbonyl (C=O) groups is 1. The summed E-state index contributed by atoms with van der Waals surface area (Å²) in [6.45, 7) is -0.652. The number of nitrogens with one attached hydrogen (secondary N) is 4. The molecule has 0 radical (unpaired) electrons. The first-order valence-corrected chi connectivity index (χ1v) is 22.7. The lowest BCUT2D eigenvalue weighted by molar-refractivity contribution is -0.117. The zero-order valence-electron chi connectivity index (χ0n) is 34.8. The number of aliphatic hydroxyl groups is 3. The van der Waals surface area contributed by atoms with Crippen molar-refractivity contribution >= 4 is 96.7 Å². The van der Waals surface area contributed by atoms with E-state index in [2.05, 4.69) is 51.2 Å². The van der Waals surface area contributed by atoms with Gasteiger partial charge in [0.25, 0.3) is 20.2 Å². The summed E-state index contributed by atoms with van der Waals surface area (Å²) >= 11 is 0. The van der Waals surface area contributed by atoms with E-state index in [0.717, 1.165) is 12.1 Å². The molecule has 66 heavy (non-hydrogen) atoms. The molecule has 11 N–H and O–H groups in total. The van der Waals surface area contributed by atoms with E-state index >= 15 is 0 Å². The number of nitrogens with zero attached hydrogens (tertiary/aromatic N) is 8. The largest absolute Gasteiger partial charge is 0.395 e. The van der Waals surface area contributed by atoms with E-state index in [9.17, 15) is 46.1 Å². The Morgan fingerprint density at radius 1 is 0.515 bits per heavy atom. The second-order valence-electron chi connectivity index (χ2n) is 13.9. The smallest absolute Gasteiger partial charge is 0.295 e. The molecule has 0 saturated carbocycles. The maximum Gasteiger partial charge on any atom is 0.295 e. The first kappa shape index (κ1) is 48.1. The van der Waals surface area contributed by atoms with Gasteiger partial charge in [0.1, 0.15) is 9.79 Å². The molecule has 6 aromatic rings. The highest BCUT2D eigenvalue weighted by Gasteiger charge is 2.21. The third-order valence-corrected chi connectivity index (χ3v) is 11.0. The lowest BCUT2D eigenvalue weighted by Gasteiger charge is -2.22. The summed E-state index contributed by atoms with van der Waals surface area (Å²) in [4.78, 5) is 39.9. The van der Waals surface area contributed by atoms with Crippen LogP contribution in [0.3, 0.4) is 0 Å². The predicted molar refractivity (Wildman–Crippen MR) is 247 cm³/mol. The van der Waals surface area contributed by atoms with Crippen molar-refractivity contribution in [2.45, 2.75) is 16.2 Å². The predicted octanol–water partition coefficient (Wildman–Crippen LogP) is 3.16. The quantitative estimate of drug-likeness (QED) is 0.0326. The second kappa shape index (κ2) is 22.0. The van der Waals surface area contributed by atoms with Crippen molar-refractivity contribution < 1.29 is 46.1 Å². The van der Waals surface area contributed by atoms with Gasteiger partial charge >= 0.3 is 0 Å². The Hall–Kier alpha value is -7.39. The molecule has 0 aliphatic carbocycles. The van der Waals surface area contributed by atoms with Crippen molar-refractivity contribution in [3.63, 3.8) is 0 Å². The first-order chi connectivity index (χ1) is 31.6. The van der Waals surface area contributed by atoms with Crippen molar-refractivity contribution in [1.29, 1.82) is 0 Å². The fourth-order valence-electron chi connectivity index (χ4n) is 6.15. The summed E-state index contributed by atoms with van der Waals surface area (Å²) in [5.74, 6) is -0.528. The highest BCUT2D eigenvalue weighted by Crippen LogP contribution is 2.29. The van der Waals surface area contributed by atoms with Crippen LogP contribution in [0.15, 0.2) is 107 Å². The van der Waals surface area contributed by atoms with Gasteiger partial charge < -0.3 is 52.1 Å². The maximum atomic E-state index is 12.8. The molecule has 2 heterocycles. The number of aliphatic hydroxyl groups excluding tert-OH is 3. The van der Waals surface area contributed by atoms with E-state index in [1.165, 1.54) is 46.2 Å². The summed E-state index contributed by atoms with van der Waals surface area (Å²) in [7, 11) is -9.86. The molecule has 0 atom stereocenters. The molecule has 2 aromatic heterocycles. The lowest BCUT2D eigenvalue weighted by atomic mass is 10.1. The zero-order chi connectivity index (χ0) is 47.3. The molecule has 0 spiro atoms. The van der Waals surface area contributed by atoms with Crippen molar-refractivity contribution in [3.05, 3.63) is 108 Å². The van der Waals surface area contributed by atoms with Crippen LogP contribution in [0.25, 0.3) is 12.2 Å². The Morgan fingerprint density at radius 3 is 1.20 bits per heavy atom. The monoisotopic (exact) mass is 943 g/mol. The number of aromatic nitrogens is 6. The number of para-hydroxylation sites is 2. The molecular weight excluding hydrogens is 899 g/mol. The number of primary amides is 1. The van der Waals surface area contributed by atoms with Crippen LogP contribution in [0, 0.1) is 0 Å². The minimum atomic E-state index is -4.94. The van der Waals surface area contributed by atoms with Crippen LogP contribution in [0.1, 0.15) is 17.5 Å². The minimum Gasteiger partial charge on any atom is -0.395 e. The highest BCUT2D eigenvalue weighted by molar-refractivity contribution is 7.86. The fourth-order valence-corrected chi connectivity index (χ4v) is 7.57. The van der Waals surface area contributed by atoms with Crippen molar-refractivity contribution in [2.75, 3.05) is 77.1 Å². The van der Waals surface area contributed by atoms with Crippen LogP contribution in [0.2, 0.25) is 0 Å². The normalized spacial score (nSPS) is 11.6. The number of hydrogen-bond acceptors (Lipinski definition) is 20. The minimum absolute atomic E-state index is 0.0266. The van der Waals surface area contributed by atoms with Gasteiger partial charge in [-0.2, -0.15) is 46.7 Å². The summed E-state index contributed by atoms with van der Waals surface area (Å²) in [6, 6.07) is 25.5. The molecule has 0 saturated heterocycles. The molecule has 346 valence electrons. The van der Waals surface area contributed by atoms with E-state index < -0.39 is 35.9 Å². The maximum absolute atomic E-state index is 12.8. The molecule has 0 aliphatic heterocycles. The van der Waals surface area contributed by atoms with Crippen molar-refractivity contribution in [2.24, 2.45) is 5.73 Å². The molecule has 0 aliphatic rings. The van der Waals surface area contributed by atoms with Gasteiger partial charge in [0.05, 0.1) is 19.8 Å². The Labute approximate surface area is 378 Å². The van der Waals surface area contributed by atoms with Crippen LogP contribution in [0.4, 0.5) is 58.4 Å². The topological polar surface area (TPSA) is 344 Å². The van der Waals surface area contributed by atoms with E-state index in [1.54, 1.807) is 48.5 Å². The van der Waals surface area contributed by atoms with Crippen molar-refractivity contribution in [1.82, 2.24) is 29.9 Å². The van der Waals surface area contributed by atoms with Gasteiger partial charge in [0.2, 0.25) is 41.6 Å². The standard InChI is InChI=1S/C41H45N13O10S2/c42-35(58)17-18-53(19-22-55)40-49-36(43-29-7-3-1-4-8-29)47-38(51-40)45-31-15-13-27(33(25-31)65(59,60)61)11-12-28-14-16-32(26-34(28)66(62,63)64)46-39-48-37(44-30-9-5-2-6-10-30)50-41(52-39)54(20-23-56)21-24-57/h1-16,25-26,55-57H,17-24H2,(H2,42,58)(H,59,60,61)(H,62,63,64)(H2,43,45,47,49,51)(H2,44,46,48,50,52)/b12-11+. The van der Waals surface area contributed by atoms with Crippen LogP contribution in [-0.2, 0) is 25.0 Å². The van der Waals surface area contributed by atoms with Gasteiger partial charge in [-0.05, 0) is 59.7 Å². The van der Waals surface area contributed by atoms with Gasteiger partial charge in [-0.1, -0.05) is 60.7 Å². The molecule has 0 bridgehead atoms. The molecule has 0 unspecified atom stereocenters. The summed E-state index contributed by atoms with van der Waals surface area (Å²) in [5.41, 5.74) is 6.63. The summed E-state index contributed by atoms with van der Waals surface area (Å²) in [6.07, 6.45) is 2.36. The van der Waals surface area contributed by atoms with Crippen LogP contribution >= 0.6 is 0 Å². The van der Waals surface area contributed by atoms with Crippen LogP contribution < -0.4 is 36.8 Å². The average molecular weight is 944 g/mol. The number of amides is 1. The Kier molecular flexibility index (Phi) is 16.0. The van der Waals surface area contributed by atoms with E-state index in [4.69, 9.17) is 5.73 Å². The lowest BCUT2D eigenvalue weighted by Crippen LogP contribution is -2.32. The highest BCUT2D eigenvalue weighted by atomic mass is 32.2. The van der Waals surface area contributed by atoms with E-state index in [1.807, 2.05) is 12.1 Å². The van der Waals surface area contributed by atoms with E-state index in [0.29, 0.717) is 11.4 Å². The SMILES string of the molecule is NC(=O)CCN(CCO)c1nc(Nc2ccccc2)nc(Nc2ccc(/C=C/c3ccc(Nc4nc(Nc5ccccc5)nc(N(CCO)CCO)n4)cc3S(=O)(=O)O)c(S(=O)(=O)O)c2)n1. The van der Waals surface area contributed by atoms with Gasteiger partial charge in [-0.25, -0.2) is 0 Å². The van der Waals surface area contributed by atoms with E-state index in [-0.39, 0.29) is 111 Å². The molecular formula is C41H45N13O10S2. The molecule has 1 amide bonds. The molecule has 6 rings (SSSR count). The number of carbonyl (C=O) groups excluding carboxylic acids is 1. The molecule has 25 heteroatoms. The summed E-state index contributed by atoms with van der Waals surface area (Å²) < 4.78 is 71.6. The Balaban J connectivity index is 1.31. The van der Waals surface area contributed by atoms with Crippen LogP contribution in [-0.4, -0.2) is 123 Å². The number of benzene rings is 4. The molecule has 0 fully saturated rings. The van der Waals surface area contributed by atoms with Gasteiger partial charge in [-0.3, -0.25) is 13.9 Å².